The maximum absolute atomic E-state index is 12.9. The van der Waals surface area contributed by atoms with Crippen LogP contribution in [-0.2, 0) is 0 Å². The first-order valence-electron chi connectivity index (χ1n) is 9.43. The molecule has 4 rings (SSSR count). The molecule has 1 aromatic heterocycles. The molecule has 2 atom stereocenters. The number of benzene rings is 1. The van der Waals surface area contributed by atoms with E-state index in [1.807, 2.05) is 41.5 Å². The van der Waals surface area contributed by atoms with Crippen LogP contribution in [0, 0.1) is 11.8 Å². The number of ether oxygens (including phenoxy) is 1. The summed E-state index contributed by atoms with van der Waals surface area (Å²) < 4.78 is 5.48. The highest BCUT2D eigenvalue weighted by Crippen LogP contribution is 2.29. The lowest BCUT2D eigenvalue weighted by Crippen LogP contribution is -2.33. The van der Waals surface area contributed by atoms with Crippen molar-refractivity contribution in [1.29, 1.82) is 0 Å². The molecule has 0 saturated carbocycles. The third-order valence-electron chi connectivity index (χ3n) is 5.44. The van der Waals surface area contributed by atoms with Crippen LogP contribution in [0.1, 0.15) is 30.3 Å². The highest BCUT2D eigenvalue weighted by atomic mass is 32.1. The molecule has 0 aliphatic carbocycles. The van der Waals surface area contributed by atoms with Crippen molar-refractivity contribution < 1.29 is 9.53 Å². The molecule has 26 heavy (non-hydrogen) atoms. The molecule has 3 heterocycles. The molecule has 2 saturated heterocycles. The Labute approximate surface area is 158 Å². The van der Waals surface area contributed by atoms with E-state index < -0.39 is 0 Å². The number of nitrogens with zero attached hydrogens (tertiary/aromatic N) is 2. The number of carbonyl (C=O) groups excluding carboxylic acids is 1. The predicted octanol–water partition coefficient (Wildman–Crippen LogP) is 3.28. The number of hydrogen-bond donors (Lipinski definition) is 1. The number of likely N-dealkylation sites (tertiary alicyclic amines) is 1. The predicted molar refractivity (Wildman–Crippen MR) is 104 cm³/mol. The van der Waals surface area contributed by atoms with E-state index in [2.05, 4.69) is 10.3 Å². The van der Waals surface area contributed by atoms with Gasteiger partial charge in [0.05, 0.1) is 6.61 Å². The average molecular weight is 372 g/mol. The van der Waals surface area contributed by atoms with E-state index in [0.717, 1.165) is 67.2 Å². The Kier molecular flexibility index (Phi) is 5.22. The van der Waals surface area contributed by atoms with E-state index in [9.17, 15) is 4.79 Å². The summed E-state index contributed by atoms with van der Waals surface area (Å²) in [5.74, 6) is 2.38. The Morgan fingerprint density at radius 1 is 1.23 bits per heavy atom. The van der Waals surface area contributed by atoms with Crippen LogP contribution in [0.5, 0.6) is 5.75 Å². The summed E-state index contributed by atoms with van der Waals surface area (Å²) >= 11 is 1.53. The SMILES string of the molecule is CCOc1ccc(-c2nc(C(=O)N3CC[C@@H]4CNC[C@@H]4CC3)cs2)cc1. The van der Waals surface area contributed by atoms with Gasteiger partial charge in [-0.05, 0) is 69.0 Å². The topological polar surface area (TPSA) is 54.5 Å². The van der Waals surface area contributed by atoms with Crippen molar-refractivity contribution in [1.82, 2.24) is 15.2 Å². The van der Waals surface area contributed by atoms with Gasteiger partial charge in [-0.1, -0.05) is 0 Å². The number of amides is 1. The minimum atomic E-state index is 0.0753. The third kappa shape index (κ3) is 3.62. The second kappa shape index (κ2) is 7.76. The zero-order chi connectivity index (χ0) is 17.9. The fraction of sp³-hybridized carbons (Fsp3) is 0.500. The van der Waals surface area contributed by atoms with Crippen LogP contribution < -0.4 is 10.1 Å². The molecule has 0 bridgehead atoms. The largest absolute Gasteiger partial charge is 0.494 e. The lowest BCUT2D eigenvalue weighted by Gasteiger charge is -2.19. The number of nitrogens with one attached hydrogen (secondary N) is 1. The molecule has 1 N–H and O–H groups in total. The Hall–Kier alpha value is -1.92. The fourth-order valence-electron chi connectivity index (χ4n) is 3.95. The maximum atomic E-state index is 12.9. The zero-order valence-corrected chi connectivity index (χ0v) is 15.9. The second-order valence-electron chi connectivity index (χ2n) is 7.04. The zero-order valence-electron chi connectivity index (χ0n) is 15.1. The third-order valence-corrected chi connectivity index (χ3v) is 6.33. The smallest absolute Gasteiger partial charge is 0.273 e. The summed E-state index contributed by atoms with van der Waals surface area (Å²) in [6.45, 7) is 6.52. The molecule has 1 amide bonds. The molecule has 2 fully saturated rings. The fourth-order valence-corrected chi connectivity index (χ4v) is 4.75. The molecule has 2 aromatic rings. The van der Waals surface area contributed by atoms with Crippen molar-refractivity contribution in [2.24, 2.45) is 11.8 Å². The molecule has 1 aromatic carbocycles. The molecule has 138 valence electrons. The van der Waals surface area contributed by atoms with E-state index >= 15 is 0 Å². The first-order valence-corrected chi connectivity index (χ1v) is 10.3. The Balaban J connectivity index is 1.44. The van der Waals surface area contributed by atoms with E-state index in [-0.39, 0.29) is 5.91 Å². The number of carbonyl (C=O) groups is 1. The van der Waals surface area contributed by atoms with Crippen molar-refractivity contribution >= 4 is 17.2 Å². The van der Waals surface area contributed by atoms with Gasteiger partial charge in [-0.15, -0.1) is 11.3 Å². The van der Waals surface area contributed by atoms with Crippen LogP contribution in [0.25, 0.3) is 10.6 Å². The van der Waals surface area contributed by atoms with Gasteiger partial charge < -0.3 is 15.0 Å². The van der Waals surface area contributed by atoms with Gasteiger partial charge in [0.2, 0.25) is 0 Å². The molecule has 5 nitrogen and oxygen atoms in total. The van der Waals surface area contributed by atoms with E-state index in [1.165, 1.54) is 11.3 Å². The molecule has 6 heteroatoms. The highest BCUT2D eigenvalue weighted by Gasteiger charge is 2.32. The summed E-state index contributed by atoms with van der Waals surface area (Å²) in [5, 5.41) is 6.25. The normalized spacial score (nSPS) is 22.7. The number of fused-ring (bicyclic) bond motifs is 1. The molecule has 2 aliphatic rings. The molecular formula is C20H25N3O2S. The molecular weight excluding hydrogens is 346 g/mol. The van der Waals surface area contributed by atoms with Gasteiger partial charge in [-0.25, -0.2) is 4.98 Å². The standard InChI is InChI=1S/C20H25N3O2S/c1-2-25-17-5-3-14(4-6-17)19-22-18(13-26-19)20(24)23-9-7-15-11-21-12-16(15)8-10-23/h3-6,13,15-16,21H,2,7-12H2,1H3/t15-,16+. The number of aromatic nitrogens is 1. The van der Waals surface area contributed by atoms with Crippen LogP contribution in [0.4, 0.5) is 0 Å². The van der Waals surface area contributed by atoms with E-state index in [0.29, 0.717) is 12.3 Å². The lowest BCUT2D eigenvalue weighted by molar-refractivity contribution is 0.0753. The van der Waals surface area contributed by atoms with Crippen LogP contribution in [0.3, 0.4) is 0 Å². The average Bonchev–Trinajstić information content (AvgIpc) is 3.28. The quantitative estimate of drug-likeness (QED) is 0.896. The summed E-state index contributed by atoms with van der Waals surface area (Å²) in [4.78, 5) is 19.5. The van der Waals surface area contributed by atoms with Crippen molar-refractivity contribution in [2.75, 3.05) is 32.8 Å². The summed E-state index contributed by atoms with van der Waals surface area (Å²) in [6.07, 6.45) is 2.19. The highest BCUT2D eigenvalue weighted by molar-refractivity contribution is 7.13. The van der Waals surface area contributed by atoms with Gasteiger partial charge in [0.1, 0.15) is 16.5 Å². The van der Waals surface area contributed by atoms with E-state index in [4.69, 9.17) is 4.74 Å². The number of rotatable bonds is 4. The first kappa shape index (κ1) is 17.5. The van der Waals surface area contributed by atoms with Gasteiger partial charge in [0.15, 0.2) is 0 Å². The van der Waals surface area contributed by atoms with Crippen molar-refractivity contribution in [3.8, 4) is 16.3 Å². The first-order chi connectivity index (χ1) is 12.7. The Morgan fingerprint density at radius 2 is 1.92 bits per heavy atom. The number of thiazole rings is 1. The van der Waals surface area contributed by atoms with Crippen LogP contribution >= 0.6 is 11.3 Å². The summed E-state index contributed by atoms with van der Waals surface area (Å²) in [5.41, 5.74) is 1.60. The molecule has 0 radical (unpaired) electrons. The minimum absolute atomic E-state index is 0.0753. The molecule has 0 unspecified atom stereocenters. The van der Waals surface area contributed by atoms with Gasteiger partial charge in [-0.2, -0.15) is 0 Å². The van der Waals surface area contributed by atoms with Gasteiger partial charge in [0.25, 0.3) is 5.91 Å². The molecule has 2 aliphatic heterocycles. The minimum Gasteiger partial charge on any atom is -0.494 e. The van der Waals surface area contributed by atoms with E-state index in [1.54, 1.807) is 0 Å². The summed E-state index contributed by atoms with van der Waals surface area (Å²) in [6, 6.07) is 7.89. The Morgan fingerprint density at radius 3 is 2.58 bits per heavy atom. The van der Waals surface area contributed by atoms with Crippen molar-refractivity contribution in [2.45, 2.75) is 19.8 Å². The Bertz CT molecular complexity index is 745. The molecule has 0 spiro atoms. The lowest BCUT2D eigenvalue weighted by atomic mass is 9.92. The number of hydrogen-bond acceptors (Lipinski definition) is 5. The van der Waals surface area contributed by atoms with Crippen LogP contribution in [0.15, 0.2) is 29.6 Å². The van der Waals surface area contributed by atoms with Gasteiger partial charge in [0, 0.05) is 24.0 Å². The maximum Gasteiger partial charge on any atom is 0.273 e. The van der Waals surface area contributed by atoms with Crippen LogP contribution in [0.2, 0.25) is 0 Å². The van der Waals surface area contributed by atoms with Crippen LogP contribution in [-0.4, -0.2) is 48.6 Å². The van der Waals surface area contributed by atoms with Gasteiger partial charge >= 0.3 is 0 Å². The van der Waals surface area contributed by atoms with Crippen molar-refractivity contribution in [3.05, 3.63) is 35.3 Å². The monoisotopic (exact) mass is 371 g/mol. The second-order valence-corrected chi connectivity index (χ2v) is 7.90. The summed E-state index contributed by atoms with van der Waals surface area (Å²) in [7, 11) is 0. The van der Waals surface area contributed by atoms with Crippen molar-refractivity contribution in [3.63, 3.8) is 0 Å². The van der Waals surface area contributed by atoms with Gasteiger partial charge in [-0.3, -0.25) is 4.79 Å².